The summed E-state index contributed by atoms with van der Waals surface area (Å²) in [6.45, 7) is 4.82. The molecule has 1 fully saturated rings. The molecule has 0 atom stereocenters. The molecule has 1 aliphatic rings. The quantitative estimate of drug-likeness (QED) is 0.834. The predicted molar refractivity (Wildman–Crippen MR) is 81.7 cm³/mol. The van der Waals surface area contributed by atoms with Crippen LogP contribution in [0.2, 0.25) is 0 Å². The summed E-state index contributed by atoms with van der Waals surface area (Å²) in [5, 5.41) is 3.48. The number of para-hydroxylation sites is 1. The predicted octanol–water partition coefficient (Wildman–Crippen LogP) is 3.56. The maximum Gasteiger partial charge on any atom is 0.123 e. The second-order valence-corrected chi connectivity index (χ2v) is 5.37. The summed E-state index contributed by atoms with van der Waals surface area (Å²) in [6, 6.07) is 15.4. The minimum absolute atomic E-state index is 0.722. The Morgan fingerprint density at radius 3 is 2.55 bits per heavy atom. The van der Waals surface area contributed by atoms with Crippen LogP contribution in [0.25, 0.3) is 0 Å². The first-order valence-corrected chi connectivity index (χ1v) is 7.46. The van der Waals surface area contributed by atoms with Gasteiger partial charge >= 0.3 is 0 Å². The first-order valence-electron chi connectivity index (χ1n) is 7.46. The first kappa shape index (κ1) is 13.3. The lowest BCUT2D eigenvalue weighted by molar-refractivity contribution is 0.443. The third kappa shape index (κ3) is 3.42. The molecule has 0 unspecified atom stereocenters. The van der Waals surface area contributed by atoms with Gasteiger partial charge < -0.3 is 14.6 Å². The number of anilines is 1. The average Bonchev–Trinajstić information content (AvgIpc) is 3.22. The van der Waals surface area contributed by atoms with E-state index in [1.54, 1.807) is 0 Å². The minimum Gasteiger partial charge on any atom is -0.463 e. The number of furan rings is 1. The Morgan fingerprint density at radius 2 is 1.85 bits per heavy atom. The van der Waals surface area contributed by atoms with E-state index in [-0.39, 0.29) is 0 Å². The van der Waals surface area contributed by atoms with Crippen LogP contribution in [-0.2, 0) is 13.1 Å². The van der Waals surface area contributed by atoms with Crippen LogP contribution < -0.4 is 10.2 Å². The fraction of sp³-hybridized carbons (Fsp3) is 0.412. The Hall–Kier alpha value is -1.74. The van der Waals surface area contributed by atoms with E-state index in [0.29, 0.717) is 0 Å². The Labute approximate surface area is 120 Å². The normalized spacial score (nSPS) is 14.4. The van der Waals surface area contributed by atoms with Crippen molar-refractivity contribution in [2.24, 2.45) is 0 Å². The van der Waals surface area contributed by atoms with Gasteiger partial charge in [0.2, 0.25) is 0 Å². The maximum absolute atomic E-state index is 5.91. The Morgan fingerprint density at radius 1 is 1.10 bits per heavy atom. The first-order chi connectivity index (χ1) is 9.85. The van der Waals surface area contributed by atoms with Gasteiger partial charge in [-0.15, -0.1) is 0 Å². The summed E-state index contributed by atoms with van der Waals surface area (Å²) in [5.74, 6) is 2.07. The highest BCUT2D eigenvalue weighted by atomic mass is 16.3. The standard InChI is InChI=1S/C17H22N2O/c1-2-19(15-6-4-3-5-7-15)13-17-11-10-16(20-17)12-18-14-8-9-14/h3-7,10-11,14,18H,2,8-9,12-13H2,1H3. The second-order valence-electron chi connectivity index (χ2n) is 5.37. The number of rotatable bonds is 7. The van der Waals surface area contributed by atoms with Gasteiger partial charge in [0, 0.05) is 18.3 Å². The highest BCUT2D eigenvalue weighted by Gasteiger charge is 2.20. The zero-order chi connectivity index (χ0) is 13.8. The van der Waals surface area contributed by atoms with Crippen molar-refractivity contribution < 1.29 is 4.42 Å². The molecule has 2 aromatic rings. The molecule has 0 aliphatic heterocycles. The van der Waals surface area contributed by atoms with E-state index in [4.69, 9.17) is 4.42 Å². The van der Waals surface area contributed by atoms with E-state index in [9.17, 15) is 0 Å². The molecule has 1 aromatic carbocycles. The molecule has 0 spiro atoms. The van der Waals surface area contributed by atoms with E-state index in [2.05, 4.69) is 53.5 Å². The van der Waals surface area contributed by atoms with Gasteiger partial charge in [0.05, 0.1) is 13.1 Å². The van der Waals surface area contributed by atoms with Crippen molar-refractivity contribution in [3.63, 3.8) is 0 Å². The van der Waals surface area contributed by atoms with E-state index < -0.39 is 0 Å². The maximum atomic E-state index is 5.91. The average molecular weight is 270 g/mol. The van der Waals surface area contributed by atoms with Gasteiger partial charge in [0.25, 0.3) is 0 Å². The topological polar surface area (TPSA) is 28.4 Å². The minimum atomic E-state index is 0.722. The molecule has 20 heavy (non-hydrogen) atoms. The summed E-state index contributed by atoms with van der Waals surface area (Å²) in [5.41, 5.74) is 1.24. The van der Waals surface area contributed by atoms with Gasteiger partial charge in [-0.1, -0.05) is 18.2 Å². The van der Waals surface area contributed by atoms with Gasteiger partial charge in [-0.2, -0.15) is 0 Å². The van der Waals surface area contributed by atoms with Crippen LogP contribution in [0.1, 0.15) is 31.3 Å². The number of hydrogen-bond donors (Lipinski definition) is 1. The Bertz CT molecular complexity index is 531. The lowest BCUT2D eigenvalue weighted by Gasteiger charge is -2.21. The third-order valence-electron chi connectivity index (χ3n) is 3.71. The van der Waals surface area contributed by atoms with E-state index in [1.807, 2.05) is 6.07 Å². The summed E-state index contributed by atoms with van der Waals surface area (Å²) in [6.07, 6.45) is 2.62. The van der Waals surface area contributed by atoms with Crippen molar-refractivity contribution in [3.05, 3.63) is 54.0 Å². The molecule has 0 bridgehead atoms. The lowest BCUT2D eigenvalue weighted by atomic mass is 10.2. The fourth-order valence-corrected chi connectivity index (χ4v) is 2.35. The molecule has 0 amide bonds. The molecule has 0 radical (unpaired) electrons. The number of nitrogens with zero attached hydrogens (tertiary/aromatic N) is 1. The van der Waals surface area contributed by atoms with Gasteiger partial charge in [0.15, 0.2) is 0 Å². The SMILES string of the molecule is CCN(Cc1ccc(CNC2CC2)o1)c1ccccc1. The molecule has 106 valence electrons. The molecule has 1 N–H and O–H groups in total. The molecule has 3 heteroatoms. The molecule has 1 saturated carbocycles. The van der Waals surface area contributed by atoms with E-state index in [0.717, 1.165) is 37.2 Å². The highest BCUT2D eigenvalue weighted by molar-refractivity contribution is 5.45. The smallest absolute Gasteiger partial charge is 0.123 e. The Kier molecular flexibility index (Phi) is 4.07. The van der Waals surface area contributed by atoms with Gasteiger partial charge in [-0.25, -0.2) is 0 Å². The molecule has 1 aliphatic carbocycles. The van der Waals surface area contributed by atoms with Crippen LogP contribution in [-0.4, -0.2) is 12.6 Å². The van der Waals surface area contributed by atoms with Crippen molar-refractivity contribution in [2.45, 2.75) is 38.9 Å². The van der Waals surface area contributed by atoms with Crippen molar-refractivity contribution in [3.8, 4) is 0 Å². The number of hydrogen-bond acceptors (Lipinski definition) is 3. The molecule has 1 aromatic heterocycles. The summed E-state index contributed by atoms with van der Waals surface area (Å²) < 4.78 is 5.91. The van der Waals surface area contributed by atoms with Crippen LogP contribution in [0.4, 0.5) is 5.69 Å². The fourth-order valence-electron chi connectivity index (χ4n) is 2.35. The Balaban J connectivity index is 1.60. The van der Waals surface area contributed by atoms with Gasteiger partial charge in [-0.3, -0.25) is 0 Å². The van der Waals surface area contributed by atoms with Crippen molar-refractivity contribution in [1.82, 2.24) is 5.32 Å². The van der Waals surface area contributed by atoms with Gasteiger partial charge in [-0.05, 0) is 44.0 Å². The summed E-state index contributed by atoms with van der Waals surface area (Å²) in [7, 11) is 0. The zero-order valence-electron chi connectivity index (χ0n) is 12.0. The molecular weight excluding hydrogens is 248 g/mol. The highest BCUT2D eigenvalue weighted by Crippen LogP contribution is 2.21. The van der Waals surface area contributed by atoms with Crippen molar-refractivity contribution in [2.75, 3.05) is 11.4 Å². The monoisotopic (exact) mass is 270 g/mol. The van der Waals surface area contributed by atoms with Gasteiger partial charge in [0.1, 0.15) is 11.5 Å². The molecule has 3 rings (SSSR count). The molecular formula is C17H22N2O. The van der Waals surface area contributed by atoms with Crippen LogP contribution in [0, 0.1) is 0 Å². The molecule has 1 heterocycles. The van der Waals surface area contributed by atoms with Crippen molar-refractivity contribution in [1.29, 1.82) is 0 Å². The summed E-state index contributed by atoms with van der Waals surface area (Å²) >= 11 is 0. The van der Waals surface area contributed by atoms with Crippen LogP contribution >= 0.6 is 0 Å². The molecule has 0 saturated heterocycles. The van der Waals surface area contributed by atoms with Crippen LogP contribution in [0.5, 0.6) is 0 Å². The zero-order valence-corrected chi connectivity index (χ0v) is 12.0. The summed E-state index contributed by atoms with van der Waals surface area (Å²) in [4.78, 5) is 2.32. The second kappa shape index (κ2) is 6.14. The lowest BCUT2D eigenvalue weighted by Crippen LogP contribution is -2.21. The molecule has 3 nitrogen and oxygen atoms in total. The van der Waals surface area contributed by atoms with E-state index >= 15 is 0 Å². The largest absolute Gasteiger partial charge is 0.463 e. The number of nitrogens with one attached hydrogen (secondary N) is 1. The number of benzene rings is 1. The van der Waals surface area contributed by atoms with Crippen molar-refractivity contribution >= 4 is 5.69 Å². The van der Waals surface area contributed by atoms with E-state index in [1.165, 1.54) is 18.5 Å². The van der Waals surface area contributed by atoms with Crippen LogP contribution in [0.15, 0.2) is 46.9 Å². The van der Waals surface area contributed by atoms with Crippen LogP contribution in [0.3, 0.4) is 0 Å². The third-order valence-corrected chi connectivity index (χ3v) is 3.71.